The van der Waals surface area contributed by atoms with Gasteiger partial charge in [-0.15, -0.1) is 0 Å². The van der Waals surface area contributed by atoms with Crippen LogP contribution >= 0.6 is 15.9 Å². The zero-order valence-corrected chi connectivity index (χ0v) is 19.8. The van der Waals surface area contributed by atoms with Gasteiger partial charge in [0.1, 0.15) is 0 Å². The SMILES string of the molecule is COc1cc(/C=N\NC(=O)C(=O)NC(C)C)cc(Br)c1OCC(=O)Nc1ccc(C)cc1. The Bertz CT molecular complexity index is 1010. The van der Waals surface area contributed by atoms with Gasteiger partial charge >= 0.3 is 11.8 Å². The van der Waals surface area contributed by atoms with Crippen molar-refractivity contribution in [3.05, 3.63) is 52.0 Å². The van der Waals surface area contributed by atoms with Crippen LogP contribution in [-0.2, 0) is 14.4 Å². The summed E-state index contributed by atoms with van der Waals surface area (Å²) in [6.45, 7) is 5.23. The second-order valence-electron chi connectivity index (χ2n) is 7.06. The first-order valence-electron chi connectivity index (χ1n) is 9.70. The minimum absolute atomic E-state index is 0.163. The van der Waals surface area contributed by atoms with E-state index in [1.165, 1.54) is 13.3 Å². The molecule has 3 N–H and O–H groups in total. The number of hydrogen-bond acceptors (Lipinski definition) is 6. The second-order valence-corrected chi connectivity index (χ2v) is 7.92. The maximum absolute atomic E-state index is 12.2. The van der Waals surface area contributed by atoms with Crippen molar-refractivity contribution >= 4 is 45.6 Å². The van der Waals surface area contributed by atoms with E-state index in [0.717, 1.165) is 5.56 Å². The molecule has 0 aliphatic rings. The van der Waals surface area contributed by atoms with E-state index in [0.29, 0.717) is 27.2 Å². The van der Waals surface area contributed by atoms with Gasteiger partial charge in [-0.3, -0.25) is 14.4 Å². The van der Waals surface area contributed by atoms with Crippen LogP contribution in [0, 0.1) is 6.92 Å². The van der Waals surface area contributed by atoms with E-state index >= 15 is 0 Å². The standard InChI is InChI=1S/C22H25BrN4O5/c1-13(2)25-21(29)22(30)27-24-11-15-9-17(23)20(18(10-15)31-4)32-12-19(28)26-16-7-5-14(3)6-8-16/h5-11,13H,12H2,1-4H3,(H,25,29)(H,26,28)(H,27,30)/b24-11-. The highest BCUT2D eigenvalue weighted by Gasteiger charge is 2.15. The first-order valence-corrected chi connectivity index (χ1v) is 10.5. The summed E-state index contributed by atoms with van der Waals surface area (Å²) in [6, 6.07) is 10.5. The van der Waals surface area contributed by atoms with Crippen molar-refractivity contribution < 1.29 is 23.9 Å². The van der Waals surface area contributed by atoms with Crippen molar-refractivity contribution in [2.24, 2.45) is 5.10 Å². The van der Waals surface area contributed by atoms with Crippen molar-refractivity contribution in [1.82, 2.24) is 10.7 Å². The number of amides is 3. The second kappa shape index (κ2) is 11.8. The molecule has 0 unspecified atom stereocenters. The predicted molar refractivity (Wildman–Crippen MR) is 125 cm³/mol. The van der Waals surface area contributed by atoms with Crippen molar-refractivity contribution in [2.75, 3.05) is 19.0 Å². The number of ether oxygens (including phenoxy) is 2. The normalized spacial score (nSPS) is 10.7. The van der Waals surface area contributed by atoms with Crippen LogP contribution in [0.1, 0.15) is 25.0 Å². The number of nitrogens with zero attached hydrogens (tertiary/aromatic N) is 1. The first kappa shape index (κ1) is 24.9. The van der Waals surface area contributed by atoms with E-state index in [9.17, 15) is 14.4 Å². The maximum atomic E-state index is 12.2. The molecule has 0 spiro atoms. The highest BCUT2D eigenvalue weighted by atomic mass is 79.9. The number of carbonyl (C=O) groups is 3. The van der Waals surface area contributed by atoms with Crippen LogP contribution in [0.3, 0.4) is 0 Å². The van der Waals surface area contributed by atoms with Gasteiger partial charge in [0.05, 0.1) is 17.8 Å². The minimum Gasteiger partial charge on any atom is -0.493 e. The lowest BCUT2D eigenvalue weighted by Crippen LogP contribution is -2.41. The quantitative estimate of drug-likeness (QED) is 0.290. The Morgan fingerprint density at radius 3 is 2.44 bits per heavy atom. The first-order chi connectivity index (χ1) is 15.2. The van der Waals surface area contributed by atoms with Crippen LogP contribution in [0.5, 0.6) is 11.5 Å². The van der Waals surface area contributed by atoms with Gasteiger partial charge in [0.15, 0.2) is 18.1 Å². The van der Waals surface area contributed by atoms with Gasteiger partial charge in [0.2, 0.25) is 0 Å². The van der Waals surface area contributed by atoms with Crippen LogP contribution in [0.4, 0.5) is 5.69 Å². The lowest BCUT2D eigenvalue weighted by atomic mass is 10.2. The zero-order chi connectivity index (χ0) is 23.7. The van der Waals surface area contributed by atoms with Crippen molar-refractivity contribution in [2.45, 2.75) is 26.8 Å². The number of benzene rings is 2. The summed E-state index contributed by atoms with van der Waals surface area (Å²) in [4.78, 5) is 35.4. The third kappa shape index (κ3) is 7.69. The molecular weight excluding hydrogens is 480 g/mol. The van der Waals surface area contributed by atoms with Gasteiger partial charge in [-0.05, 0) is 66.5 Å². The van der Waals surface area contributed by atoms with Crippen LogP contribution < -0.4 is 25.5 Å². The lowest BCUT2D eigenvalue weighted by Gasteiger charge is -2.13. The fraction of sp³-hybridized carbons (Fsp3) is 0.273. The highest BCUT2D eigenvalue weighted by Crippen LogP contribution is 2.36. The molecule has 0 radical (unpaired) electrons. The molecule has 0 aliphatic heterocycles. The number of nitrogens with one attached hydrogen (secondary N) is 3. The van der Waals surface area contributed by atoms with Gasteiger partial charge in [0.25, 0.3) is 5.91 Å². The minimum atomic E-state index is -0.875. The summed E-state index contributed by atoms with van der Waals surface area (Å²) in [5.74, 6) is -1.28. The van der Waals surface area contributed by atoms with E-state index < -0.39 is 11.8 Å². The average molecular weight is 505 g/mol. The fourth-order valence-corrected chi connectivity index (χ4v) is 3.04. The molecule has 2 rings (SSSR count). The molecule has 0 saturated carbocycles. The van der Waals surface area contributed by atoms with E-state index in [4.69, 9.17) is 9.47 Å². The molecule has 0 aliphatic carbocycles. The number of carbonyl (C=O) groups excluding carboxylic acids is 3. The number of rotatable bonds is 8. The Labute approximate surface area is 194 Å². The molecule has 0 heterocycles. The van der Waals surface area contributed by atoms with Crippen LogP contribution in [0.2, 0.25) is 0 Å². The molecule has 0 saturated heterocycles. The third-order valence-corrected chi connectivity index (χ3v) is 4.53. The number of hydrazone groups is 1. The summed E-state index contributed by atoms with van der Waals surface area (Å²) < 4.78 is 11.5. The molecule has 32 heavy (non-hydrogen) atoms. The van der Waals surface area contributed by atoms with Crippen molar-refractivity contribution in [3.63, 3.8) is 0 Å². The molecule has 3 amide bonds. The van der Waals surface area contributed by atoms with Gasteiger partial charge in [-0.1, -0.05) is 17.7 Å². The molecule has 10 heteroatoms. The summed E-state index contributed by atoms with van der Waals surface area (Å²) in [6.07, 6.45) is 1.35. The fourth-order valence-electron chi connectivity index (χ4n) is 2.47. The molecule has 9 nitrogen and oxygen atoms in total. The number of halogens is 1. The van der Waals surface area contributed by atoms with Gasteiger partial charge in [-0.25, -0.2) is 5.43 Å². The Morgan fingerprint density at radius 1 is 1.12 bits per heavy atom. The van der Waals surface area contributed by atoms with Crippen LogP contribution in [0.25, 0.3) is 0 Å². The van der Waals surface area contributed by atoms with Crippen molar-refractivity contribution in [3.8, 4) is 11.5 Å². The molecule has 2 aromatic carbocycles. The molecular formula is C22H25BrN4O5. The van der Waals surface area contributed by atoms with Gasteiger partial charge < -0.3 is 20.1 Å². The molecule has 0 fully saturated rings. The van der Waals surface area contributed by atoms with Crippen LogP contribution in [-0.4, -0.2) is 43.7 Å². The topological polar surface area (TPSA) is 118 Å². The maximum Gasteiger partial charge on any atom is 0.329 e. The van der Waals surface area contributed by atoms with Gasteiger partial charge in [0, 0.05) is 11.7 Å². The van der Waals surface area contributed by atoms with E-state index in [1.807, 2.05) is 31.2 Å². The molecule has 2 aromatic rings. The highest BCUT2D eigenvalue weighted by molar-refractivity contribution is 9.10. The zero-order valence-electron chi connectivity index (χ0n) is 18.2. The van der Waals surface area contributed by atoms with Gasteiger partial charge in [-0.2, -0.15) is 5.10 Å². The Kier molecular flexibility index (Phi) is 9.21. The lowest BCUT2D eigenvalue weighted by molar-refractivity contribution is -0.139. The Balaban J connectivity index is 2.00. The molecule has 0 atom stereocenters. The number of anilines is 1. The number of hydrogen-bond donors (Lipinski definition) is 3. The molecule has 170 valence electrons. The predicted octanol–water partition coefficient (Wildman–Crippen LogP) is 2.76. The Hall–Kier alpha value is -3.40. The van der Waals surface area contributed by atoms with E-state index in [-0.39, 0.29) is 18.6 Å². The Morgan fingerprint density at radius 2 is 1.81 bits per heavy atom. The number of methoxy groups -OCH3 is 1. The summed E-state index contributed by atoms with van der Waals surface area (Å²) in [5.41, 5.74) is 4.48. The number of aryl methyl sites for hydroxylation is 1. The van der Waals surface area contributed by atoms with E-state index in [2.05, 4.69) is 37.1 Å². The molecule has 0 bridgehead atoms. The summed E-state index contributed by atoms with van der Waals surface area (Å²) in [5, 5.41) is 8.99. The van der Waals surface area contributed by atoms with Crippen LogP contribution in [0.15, 0.2) is 46.0 Å². The monoisotopic (exact) mass is 504 g/mol. The summed E-state index contributed by atoms with van der Waals surface area (Å²) in [7, 11) is 1.46. The summed E-state index contributed by atoms with van der Waals surface area (Å²) >= 11 is 3.39. The van der Waals surface area contributed by atoms with Crippen molar-refractivity contribution in [1.29, 1.82) is 0 Å². The van der Waals surface area contributed by atoms with E-state index in [1.54, 1.807) is 26.0 Å². The largest absolute Gasteiger partial charge is 0.493 e. The smallest absolute Gasteiger partial charge is 0.329 e. The average Bonchev–Trinajstić information content (AvgIpc) is 2.73. The third-order valence-electron chi connectivity index (χ3n) is 3.94. The molecule has 0 aromatic heterocycles.